The number of hydrogen-bond acceptors (Lipinski definition) is 6. The van der Waals surface area contributed by atoms with E-state index in [0.717, 1.165) is 18.4 Å². The van der Waals surface area contributed by atoms with Gasteiger partial charge in [0.05, 0.1) is 13.3 Å². The van der Waals surface area contributed by atoms with Gasteiger partial charge in [-0.05, 0) is 25.0 Å². The van der Waals surface area contributed by atoms with Gasteiger partial charge < -0.3 is 9.15 Å². The van der Waals surface area contributed by atoms with Crippen LogP contribution in [0.2, 0.25) is 0 Å². The average Bonchev–Trinajstić information content (AvgIpc) is 2.99. The van der Waals surface area contributed by atoms with Gasteiger partial charge in [0.25, 0.3) is 5.88 Å². The van der Waals surface area contributed by atoms with Crippen LogP contribution in [-0.4, -0.2) is 18.3 Å². The van der Waals surface area contributed by atoms with Crippen LogP contribution >= 0.6 is 0 Å². The Morgan fingerprint density at radius 2 is 2.13 bits per heavy atom. The molecule has 0 unspecified atom stereocenters. The van der Waals surface area contributed by atoms with Gasteiger partial charge in [0.2, 0.25) is 11.6 Å². The van der Waals surface area contributed by atoms with E-state index in [-0.39, 0.29) is 17.5 Å². The Bertz CT molecular complexity index is 712. The number of para-hydroxylation sites is 1. The maximum absolute atomic E-state index is 9.17. The number of methoxy groups -OCH3 is 1. The molecule has 2 rings (SSSR count). The fraction of sp³-hybridized carbons (Fsp3) is 0.353. The Hall–Kier alpha value is -2.81. The highest BCUT2D eigenvalue weighted by Crippen LogP contribution is 2.27. The molecule has 120 valence electrons. The molecule has 0 bridgehead atoms. The molecule has 0 aliphatic heterocycles. The van der Waals surface area contributed by atoms with Crippen molar-refractivity contribution in [1.82, 2.24) is 4.98 Å². The number of hydrogen-bond donors (Lipinski definition) is 1. The molecule has 0 fully saturated rings. The quantitative estimate of drug-likeness (QED) is 0.619. The van der Waals surface area contributed by atoms with Crippen molar-refractivity contribution in [3.8, 4) is 11.8 Å². The zero-order chi connectivity index (χ0) is 16.7. The summed E-state index contributed by atoms with van der Waals surface area (Å²) in [4.78, 5) is 4.24. The molecule has 23 heavy (non-hydrogen) atoms. The minimum atomic E-state index is 0.204. The standard InChI is InChI=1S/C17H20N4O2/c1-4-12(5-2)16-20-14(10-18)17(23-16)21-19-11-13-8-6-7-9-15(13)22-3/h6-9,11-12,21H,4-5H2,1-3H3/b19-11+. The summed E-state index contributed by atoms with van der Waals surface area (Å²) < 4.78 is 10.9. The molecule has 6 heteroatoms. The van der Waals surface area contributed by atoms with Crippen molar-refractivity contribution >= 4 is 12.1 Å². The van der Waals surface area contributed by atoms with E-state index < -0.39 is 0 Å². The lowest BCUT2D eigenvalue weighted by molar-refractivity contribution is 0.414. The number of aromatic nitrogens is 1. The van der Waals surface area contributed by atoms with Crippen molar-refractivity contribution in [3.63, 3.8) is 0 Å². The topological polar surface area (TPSA) is 83.4 Å². The van der Waals surface area contributed by atoms with Crippen LogP contribution in [0.25, 0.3) is 0 Å². The molecule has 1 heterocycles. The van der Waals surface area contributed by atoms with Gasteiger partial charge in [-0.15, -0.1) is 0 Å². The minimum Gasteiger partial charge on any atom is -0.496 e. The zero-order valence-corrected chi connectivity index (χ0v) is 13.5. The first-order valence-electron chi connectivity index (χ1n) is 7.56. The Morgan fingerprint density at radius 3 is 2.78 bits per heavy atom. The molecule has 6 nitrogen and oxygen atoms in total. The van der Waals surface area contributed by atoms with Crippen LogP contribution in [0.5, 0.6) is 5.75 Å². The Labute approximate surface area is 135 Å². The van der Waals surface area contributed by atoms with Crippen LogP contribution in [0.4, 0.5) is 5.88 Å². The van der Waals surface area contributed by atoms with E-state index in [1.54, 1.807) is 13.3 Å². The summed E-state index contributed by atoms with van der Waals surface area (Å²) >= 11 is 0. The summed E-state index contributed by atoms with van der Waals surface area (Å²) in [6.45, 7) is 4.13. The summed E-state index contributed by atoms with van der Waals surface area (Å²) in [7, 11) is 1.60. The molecule has 1 aromatic carbocycles. The van der Waals surface area contributed by atoms with Crippen molar-refractivity contribution in [2.45, 2.75) is 32.6 Å². The maximum atomic E-state index is 9.17. The second kappa shape index (κ2) is 7.99. The molecule has 0 atom stereocenters. The van der Waals surface area contributed by atoms with Crippen LogP contribution in [0.15, 0.2) is 33.8 Å². The zero-order valence-electron chi connectivity index (χ0n) is 13.5. The summed E-state index contributed by atoms with van der Waals surface area (Å²) in [5, 5.41) is 13.3. The number of anilines is 1. The van der Waals surface area contributed by atoms with Gasteiger partial charge in [-0.1, -0.05) is 26.0 Å². The second-order valence-corrected chi connectivity index (χ2v) is 4.97. The third kappa shape index (κ3) is 3.89. The highest BCUT2D eigenvalue weighted by atomic mass is 16.5. The molecule has 0 aliphatic rings. The maximum Gasteiger partial charge on any atom is 0.252 e. The number of benzene rings is 1. The number of nitrogens with one attached hydrogen (secondary N) is 1. The number of nitriles is 1. The van der Waals surface area contributed by atoms with E-state index in [2.05, 4.69) is 29.4 Å². The summed E-state index contributed by atoms with van der Waals surface area (Å²) in [5.74, 6) is 1.76. The number of ether oxygens (including phenoxy) is 1. The normalized spacial score (nSPS) is 10.9. The number of nitrogens with zero attached hydrogens (tertiary/aromatic N) is 3. The lowest BCUT2D eigenvalue weighted by atomic mass is 10.0. The predicted octanol–water partition coefficient (Wildman–Crippen LogP) is 3.90. The molecule has 0 radical (unpaired) electrons. The second-order valence-electron chi connectivity index (χ2n) is 4.97. The Kier molecular flexibility index (Phi) is 5.75. The fourth-order valence-corrected chi connectivity index (χ4v) is 2.23. The molecule has 1 N–H and O–H groups in total. The van der Waals surface area contributed by atoms with Crippen molar-refractivity contribution in [2.75, 3.05) is 12.5 Å². The molecule has 0 saturated carbocycles. The Balaban J connectivity index is 2.17. The smallest absolute Gasteiger partial charge is 0.252 e. The van der Waals surface area contributed by atoms with Crippen LogP contribution in [0.1, 0.15) is 49.8 Å². The average molecular weight is 312 g/mol. The fourth-order valence-electron chi connectivity index (χ4n) is 2.23. The number of rotatable bonds is 7. The highest BCUT2D eigenvalue weighted by molar-refractivity contribution is 5.83. The highest BCUT2D eigenvalue weighted by Gasteiger charge is 2.18. The molecule has 0 amide bonds. The Morgan fingerprint density at radius 1 is 1.39 bits per heavy atom. The summed E-state index contributed by atoms with van der Waals surface area (Å²) in [6.07, 6.45) is 3.43. The van der Waals surface area contributed by atoms with E-state index >= 15 is 0 Å². The molecule has 2 aromatic rings. The first-order chi connectivity index (χ1) is 11.2. The number of hydrazone groups is 1. The van der Waals surface area contributed by atoms with E-state index in [4.69, 9.17) is 9.15 Å². The largest absolute Gasteiger partial charge is 0.496 e. The van der Waals surface area contributed by atoms with Crippen LogP contribution in [0.3, 0.4) is 0 Å². The van der Waals surface area contributed by atoms with Gasteiger partial charge in [-0.3, -0.25) is 0 Å². The summed E-state index contributed by atoms with van der Waals surface area (Å²) in [5.41, 5.74) is 3.78. The molecule has 0 aliphatic carbocycles. The molecular weight excluding hydrogens is 292 g/mol. The number of oxazole rings is 1. The monoisotopic (exact) mass is 312 g/mol. The first kappa shape index (κ1) is 16.6. The SMILES string of the molecule is CCC(CC)c1nc(C#N)c(N/N=C/c2ccccc2OC)o1. The van der Waals surface area contributed by atoms with E-state index in [9.17, 15) is 5.26 Å². The van der Waals surface area contributed by atoms with Gasteiger partial charge in [0, 0.05) is 11.5 Å². The van der Waals surface area contributed by atoms with Gasteiger partial charge in [0.1, 0.15) is 11.8 Å². The predicted molar refractivity (Wildman–Crippen MR) is 88.8 cm³/mol. The van der Waals surface area contributed by atoms with E-state index in [1.165, 1.54) is 0 Å². The van der Waals surface area contributed by atoms with Crippen molar-refractivity contribution in [2.24, 2.45) is 5.10 Å². The third-order valence-corrected chi connectivity index (χ3v) is 3.59. The summed E-state index contributed by atoms with van der Waals surface area (Å²) in [6, 6.07) is 9.53. The molecule has 1 aromatic heterocycles. The van der Waals surface area contributed by atoms with E-state index in [1.807, 2.05) is 30.3 Å². The van der Waals surface area contributed by atoms with Crippen molar-refractivity contribution in [3.05, 3.63) is 41.4 Å². The van der Waals surface area contributed by atoms with E-state index in [0.29, 0.717) is 11.6 Å². The third-order valence-electron chi connectivity index (χ3n) is 3.59. The van der Waals surface area contributed by atoms with Gasteiger partial charge in [0.15, 0.2) is 0 Å². The first-order valence-corrected chi connectivity index (χ1v) is 7.56. The molecule has 0 spiro atoms. The van der Waals surface area contributed by atoms with Gasteiger partial charge in [-0.25, -0.2) is 10.4 Å². The minimum absolute atomic E-state index is 0.204. The van der Waals surface area contributed by atoms with Gasteiger partial charge >= 0.3 is 0 Å². The lowest BCUT2D eigenvalue weighted by Crippen LogP contribution is -1.95. The van der Waals surface area contributed by atoms with Crippen LogP contribution in [0, 0.1) is 11.3 Å². The van der Waals surface area contributed by atoms with Gasteiger partial charge in [-0.2, -0.15) is 10.4 Å². The van der Waals surface area contributed by atoms with Crippen molar-refractivity contribution < 1.29 is 9.15 Å². The lowest BCUT2D eigenvalue weighted by Gasteiger charge is -2.05. The molecule has 0 saturated heterocycles. The van der Waals surface area contributed by atoms with Crippen LogP contribution < -0.4 is 10.2 Å². The molecular formula is C17H20N4O2. The van der Waals surface area contributed by atoms with Crippen LogP contribution in [-0.2, 0) is 0 Å². The van der Waals surface area contributed by atoms with Crippen molar-refractivity contribution in [1.29, 1.82) is 5.26 Å².